The number of esters is 1. The molecule has 0 spiro atoms. The van der Waals surface area contributed by atoms with Gasteiger partial charge in [-0.1, -0.05) is 11.2 Å². The lowest BCUT2D eigenvalue weighted by molar-refractivity contribution is -0.123. The monoisotopic (exact) mass is 430 g/mol. The Bertz CT molecular complexity index is 1090. The van der Waals surface area contributed by atoms with Crippen molar-refractivity contribution in [2.75, 3.05) is 5.32 Å². The first-order chi connectivity index (χ1) is 14.7. The first kappa shape index (κ1) is 21.9. The molecule has 1 heterocycles. The number of carbonyl (C=O) groups is 2. The fourth-order valence-corrected chi connectivity index (χ4v) is 2.68. The number of aryl methyl sites for hydroxylation is 2. The average molecular weight is 430 g/mol. The second-order valence-electron chi connectivity index (χ2n) is 6.78. The molecule has 1 N–H and O–H groups in total. The summed E-state index contributed by atoms with van der Waals surface area (Å²) in [7, 11) is 0. The number of hydrogen-bond donors (Lipinski definition) is 1. The highest BCUT2D eigenvalue weighted by Gasteiger charge is 2.21. The van der Waals surface area contributed by atoms with Gasteiger partial charge in [0, 0.05) is 6.07 Å². The third kappa shape index (κ3) is 5.44. The number of rotatable bonds is 7. The van der Waals surface area contributed by atoms with E-state index in [4.69, 9.17) is 14.0 Å². The molecule has 162 valence electrons. The van der Waals surface area contributed by atoms with Crippen LogP contribution in [0.2, 0.25) is 0 Å². The zero-order valence-corrected chi connectivity index (χ0v) is 17.1. The first-order valence-electron chi connectivity index (χ1n) is 9.36. The van der Waals surface area contributed by atoms with Gasteiger partial charge in [0.2, 0.25) is 0 Å². The largest absolute Gasteiger partial charge is 0.489 e. The van der Waals surface area contributed by atoms with Crippen molar-refractivity contribution in [3.63, 3.8) is 0 Å². The van der Waals surface area contributed by atoms with Crippen LogP contribution in [0.3, 0.4) is 0 Å². The Kier molecular flexibility index (Phi) is 6.64. The van der Waals surface area contributed by atoms with Crippen LogP contribution in [0.4, 0.5) is 14.5 Å². The quantitative estimate of drug-likeness (QED) is 0.561. The molecule has 0 fully saturated rings. The summed E-state index contributed by atoms with van der Waals surface area (Å²) in [5.41, 5.74) is 1.48. The molecule has 1 amide bonds. The van der Waals surface area contributed by atoms with Gasteiger partial charge in [-0.3, -0.25) is 4.79 Å². The highest BCUT2D eigenvalue weighted by Crippen LogP contribution is 2.20. The highest BCUT2D eigenvalue weighted by molar-refractivity contribution is 5.97. The molecule has 0 bridgehead atoms. The smallest absolute Gasteiger partial charge is 0.339 e. The number of benzene rings is 2. The topological polar surface area (TPSA) is 90.7 Å². The Morgan fingerprint density at radius 1 is 1.16 bits per heavy atom. The predicted molar refractivity (Wildman–Crippen MR) is 107 cm³/mol. The van der Waals surface area contributed by atoms with Crippen molar-refractivity contribution in [3.05, 3.63) is 76.7 Å². The maximum absolute atomic E-state index is 13.7. The SMILES string of the molecule is Cc1noc(C)c1COc1cccc(C(=O)OC(C)C(=O)Nc2ccc(F)cc2F)c1. The fourth-order valence-electron chi connectivity index (χ4n) is 2.68. The Morgan fingerprint density at radius 3 is 2.61 bits per heavy atom. The zero-order chi connectivity index (χ0) is 22.5. The summed E-state index contributed by atoms with van der Waals surface area (Å²) in [6.45, 7) is 5.12. The van der Waals surface area contributed by atoms with Crippen LogP contribution >= 0.6 is 0 Å². The van der Waals surface area contributed by atoms with E-state index in [1.807, 2.05) is 0 Å². The number of nitrogens with zero attached hydrogens (tertiary/aromatic N) is 1. The van der Waals surface area contributed by atoms with E-state index in [0.29, 0.717) is 23.3 Å². The van der Waals surface area contributed by atoms with Crippen molar-refractivity contribution in [2.45, 2.75) is 33.5 Å². The molecule has 3 aromatic rings. The van der Waals surface area contributed by atoms with Gasteiger partial charge >= 0.3 is 5.97 Å². The van der Waals surface area contributed by atoms with E-state index in [-0.39, 0.29) is 17.9 Å². The normalized spacial score (nSPS) is 11.6. The van der Waals surface area contributed by atoms with Crippen LogP contribution in [0.15, 0.2) is 47.0 Å². The molecule has 0 aliphatic heterocycles. The second kappa shape index (κ2) is 9.38. The van der Waals surface area contributed by atoms with Crippen molar-refractivity contribution in [1.29, 1.82) is 0 Å². The van der Waals surface area contributed by atoms with E-state index >= 15 is 0 Å². The van der Waals surface area contributed by atoms with Gasteiger partial charge in [0.25, 0.3) is 5.91 Å². The van der Waals surface area contributed by atoms with Crippen LogP contribution in [-0.4, -0.2) is 23.1 Å². The summed E-state index contributed by atoms with van der Waals surface area (Å²) in [4.78, 5) is 24.6. The van der Waals surface area contributed by atoms with Gasteiger partial charge in [0.15, 0.2) is 6.10 Å². The van der Waals surface area contributed by atoms with Crippen molar-refractivity contribution in [1.82, 2.24) is 5.16 Å². The Morgan fingerprint density at radius 2 is 1.94 bits per heavy atom. The summed E-state index contributed by atoms with van der Waals surface area (Å²) < 4.78 is 42.6. The minimum absolute atomic E-state index is 0.170. The molecule has 2 aromatic carbocycles. The number of ether oxygens (including phenoxy) is 2. The van der Waals surface area contributed by atoms with Gasteiger partial charge in [-0.25, -0.2) is 13.6 Å². The summed E-state index contributed by atoms with van der Waals surface area (Å²) in [6, 6.07) is 8.99. The molecule has 0 aliphatic rings. The van der Waals surface area contributed by atoms with Crippen LogP contribution in [0, 0.1) is 25.5 Å². The molecule has 31 heavy (non-hydrogen) atoms. The van der Waals surface area contributed by atoms with Crippen LogP contribution in [0.1, 0.15) is 34.3 Å². The summed E-state index contributed by atoms with van der Waals surface area (Å²) in [6.07, 6.45) is -1.22. The van der Waals surface area contributed by atoms with Gasteiger partial charge in [-0.05, 0) is 51.1 Å². The molecule has 1 unspecified atom stereocenters. The maximum Gasteiger partial charge on any atom is 0.339 e. The van der Waals surface area contributed by atoms with Gasteiger partial charge in [0.05, 0.1) is 22.5 Å². The number of nitrogens with one attached hydrogen (secondary N) is 1. The molecular formula is C22H20F2N2O5. The molecule has 0 radical (unpaired) electrons. The zero-order valence-electron chi connectivity index (χ0n) is 17.1. The highest BCUT2D eigenvalue weighted by atomic mass is 19.1. The summed E-state index contributed by atoms with van der Waals surface area (Å²) in [5.74, 6) is -2.17. The van der Waals surface area contributed by atoms with Crippen LogP contribution < -0.4 is 10.1 Å². The third-order valence-corrected chi connectivity index (χ3v) is 4.48. The second-order valence-corrected chi connectivity index (χ2v) is 6.78. The molecule has 0 saturated heterocycles. The molecule has 1 aromatic heterocycles. The average Bonchev–Trinajstić information content (AvgIpc) is 3.06. The summed E-state index contributed by atoms with van der Waals surface area (Å²) >= 11 is 0. The van der Waals surface area contributed by atoms with Gasteiger partial charge < -0.3 is 19.3 Å². The number of hydrogen-bond acceptors (Lipinski definition) is 6. The number of aromatic nitrogens is 1. The van der Waals surface area contributed by atoms with Gasteiger partial charge in [-0.2, -0.15) is 0 Å². The van der Waals surface area contributed by atoms with E-state index in [1.54, 1.807) is 26.0 Å². The number of halogens is 2. The van der Waals surface area contributed by atoms with Gasteiger partial charge in [0.1, 0.15) is 29.8 Å². The van der Waals surface area contributed by atoms with Crippen LogP contribution in [0.25, 0.3) is 0 Å². The van der Waals surface area contributed by atoms with Crippen molar-refractivity contribution in [3.8, 4) is 5.75 Å². The lowest BCUT2D eigenvalue weighted by atomic mass is 10.2. The standard InChI is InChI=1S/C22H20F2N2O5/c1-12-18(13(2)31-26-12)11-29-17-6-4-5-15(9-17)22(28)30-14(3)21(27)25-20-8-7-16(23)10-19(20)24/h4-10,14H,11H2,1-3H3,(H,25,27). The maximum atomic E-state index is 13.7. The molecule has 0 saturated carbocycles. The lowest BCUT2D eigenvalue weighted by Crippen LogP contribution is -2.30. The number of carbonyl (C=O) groups excluding carboxylic acids is 2. The molecule has 1 atom stereocenters. The number of amides is 1. The Balaban J connectivity index is 1.60. The molecule has 7 nitrogen and oxygen atoms in total. The molecule has 0 aliphatic carbocycles. The van der Waals surface area contributed by atoms with E-state index in [1.165, 1.54) is 19.1 Å². The first-order valence-corrected chi connectivity index (χ1v) is 9.36. The minimum atomic E-state index is -1.22. The van der Waals surface area contributed by atoms with Crippen molar-refractivity contribution < 1.29 is 32.4 Å². The van der Waals surface area contributed by atoms with E-state index in [2.05, 4.69) is 10.5 Å². The van der Waals surface area contributed by atoms with E-state index in [0.717, 1.165) is 17.7 Å². The van der Waals surface area contributed by atoms with Crippen LogP contribution in [0.5, 0.6) is 5.75 Å². The Labute approximate surface area is 176 Å². The summed E-state index contributed by atoms with van der Waals surface area (Å²) in [5, 5.41) is 6.11. The predicted octanol–water partition coefficient (Wildman–Crippen LogP) is 4.33. The fraction of sp³-hybridized carbons (Fsp3) is 0.227. The third-order valence-electron chi connectivity index (χ3n) is 4.48. The van der Waals surface area contributed by atoms with Crippen LogP contribution in [-0.2, 0) is 16.1 Å². The molecule has 3 rings (SSSR count). The van der Waals surface area contributed by atoms with E-state index < -0.39 is 29.6 Å². The van der Waals surface area contributed by atoms with Gasteiger partial charge in [-0.15, -0.1) is 0 Å². The lowest BCUT2D eigenvalue weighted by Gasteiger charge is -2.14. The minimum Gasteiger partial charge on any atom is -0.489 e. The Hall–Kier alpha value is -3.75. The molecular weight excluding hydrogens is 410 g/mol. The number of anilines is 1. The van der Waals surface area contributed by atoms with Crippen molar-refractivity contribution in [2.24, 2.45) is 0 Å². The van der Waals surface area contributed by atoms with Crippen molar-refractivity contribution >= 4 is 17.6 Å². The molecule has 9 heteroatoms. The van der Waals surface area contributed by atoms with E-state index in [9.17, 15) is 18.4 Å².